The van der Waals surface area contributed by atoms with Crippen molar-refractivity contribution in [3.05, 3.63) is 11.7 Å². The maximum absolute atomic E-state index is 13.4. The highest BCUT2D eigenvalue weighted by Crippen LogP contribution is 2.65. The summed E-state index contributed by atoms with van der Waals surface area (Å²) < 4.78 is 300. The highest BCUT2D eigenvalue weighted by atomic mass is 32.2. The van der Waals surface area contributed by atoms with Crippen molar-refractivity contribution < 1.29 is 105 Å². The predicted molar refractivity (Wildman–Crippen MR) is 66.4 cm³/mol. The van der Waals surface area contributed by atoms with Crippen LogP contribution in [0, 0.1) is 0 Å². The molecule has 0 saturated heterocycles. The van der Waals surface area contributed by atoms with Crippen LogP contribution in [0.2, 0.25) is 0 Å². The fourth-order valence-corrected chi connectivity index (χ4v) is 2.18. The van der Waals surface area contributed by atoms with E-state index in [0.717, 1.165) is 0 Å². The van der Waals surface area contributed by atoms with Crippen LogP contribution in [-0.4, -0.2) is 65.9 Å². The van der Waals surface area contributed by atoms with Gasteiger partial charge in [-0.05, 0) is 0 Å². The van der Waals surface area contributed by atoms with Crippen molar-refractivity contribution in [1.29, 1.82) is 0 Å². The van der Waals surface area contributed by atoms with Gasteiger partial charge < -0.3 is 0 Å². The zero-order valence-electron chi connectivity index (χ0n) is 15.1. The standard InChI is InChI=1S/C11HF21O3S/c12-1(2(13)4(16,17)18)3(14,15)5(19,20)6(21,22)7(23,24)8(25,26)9(27,28)10(29,30)11(31,32)36(33,34)35/h(H,33,34,35). The molecule has 0 radical (unpaired) electrons. The van der Waals surface area contributed by atoms with Gasteiger partial charge in [0.2, 0.25) is 11.7 Å². The molecule has 36 heavy (non-hydrogen) atoms. The molecule has 0 aromatic rings. The molecule has 0 aliphatic rings. The second-order valence-corrected chi connectivity index (χ2v) is 7.60. The van der Waals surface area contributed by atoms with Crippen LogP contribution in [0.5, 0.6) is 0 Å². The van der Waals surface area contributed by atoms with Gasteiger partial charge in [-0.1, -0.05) is 0 Å². The minimum Gasteiger partial charge on any atom is -0.281 e. The van der Waals surface area contributed by atoms with Crippen molar-refractivity contribution >= 4 is 10.1 Å². The lowest BCUT2D eigenvalue weighted by Gasteiger charge is -2.43. The summed E-state index contributed by atoms with van der Waals surface area (Å²) in [7, 11) is -8.07. The van der Waals surface area contributed by atoms with Crippen molar-refractivity contribution in [2.45, 2.75) is 52.9 Å². The second kappa shape index (κ2) is 8.34. The molecule has 0 spiro atoms. The first-order valence-electron chi connectivity index (χ1n) is 7.19. The first-order chi connectivity index (χ1) is 15.1. The molecule has 216 valence electrons. The van der Waals surface area contributed by atoms with Crippen molar-refractivity contribution in [3.8, 4) is 0 Å². The Morgan fingerprint density at radius 3 is 0.944 bits per heavy atom. The molecule has 1 N–H and O–H groups in total. The van der Waals surface area contributed by atoms with Crippen LogP contribution >= 0.6 is 0 Å². The van der Waals surface area contributed by atoms with Crippen molar-refractivity contribution in [2.24, 2.45) is 0 Å². The third kappa shape index (κ3) is 4.21. The number of hydrogen-bond donors (Lipinski definition) is 1. The van der Waals surface area contributed by atoms with E-state index in [4.69, 9.17) is 4.55 Å². The van der Waals surface area contributed by atoms with Crippen LogP contribution in [0.15, 0.2) is 11.7 Å². The summed E-state index contributed by atoms with van der Waals surface area (Å²) >= 11 is 0. The van der Waals surface area contributed by atoms with Gasteiger partial charge >= 0.3 is 63.0 Å². The third-order valence-corrected chi connectivity index (χ3v) is 4.68. The van der Waals surface area contributed by atoms with E-state index in [1.165, 1.54) is 0 Å². The van der Waals surface area contributed by atoms with Gasteiger partial charge in [-0.2, -0.15) is 96.2 Å². The highest BCUT2D eigenvalue weighted by molar-refractivity contribution is 7.87. The third-order valence-electron chi connectivity index (χ3n) is 3.77. The highest BCUT2D eigenvalue weighted by Gasteiger charge is 2.96. The first-order valence-corrected chi connectivity index (χ1v) is 8.63. The second-order valence-electron chi connectivity index (χ2n) is 6.14. The summed E-state index contributed by atoms with van der Waals surface area (Å²) in [6.45, 7) is 0. The van der Waals surface area contributed by atoms with E-state index >= 15 is 0 Å². The molecule has 0 amide bonds. The Labute approximate surface area is 181 Å². The molecule has 0 rings (SSSR count). The molecule has 0 saturated carbocycles. The average Bonchev–Trinajstić information content (AvgIpc) is 2.63. The lowest BCUT2D eigenvalue weighted by atomic mass is 9.88. The average molecular weight is 612 g/mol. The maximum Gasteiger partial charge on any atom is 0.445 e. The van der Waals surface area contributed by atoms with Crippen molar-refractivity contribution in [2.75, 3.05) is 0 Å². The zero-order valence-corrected chi connectivity index (χ0v) is 15.9. The van der Waals surface area contributed by atoms with E-state index in [2.05, 4.69) is 0 Å². The Kier molecular flexibility index (Phi) is 7.92. The Hall–Kier alpha value is -1.82. The SMILES string of the molecule is O=S(=O)(O)C(F)(F)C(F)(F)C(F)(F)C(F)(F)C(F)(F)C(F)(F)C(F)(F)C(F)(F)C(F)=C(F)C(F)(F)F. The number of alkyl halides is 19. The summed E-state index contributed by atoms with van der Waals surface area (Å²) in [5.74, 6) is -73.1. The fraction of sp³-hybridized carbons (Fsp3) is 0.818. The fourth-order valence-electron chi connectivity index (χ4n) is 1.73. The minimum atomic E-state index is -9.26. The molecular formula is C11HF21O3S. The minimum absolute atomic E-state index is 5.09. The normalized spacial score (nSPS) is 17.3. The largest absolute Gasteiger partial charge is 0.445 e. The van der Waals surface area contributed by atoms with Crippen molar-refractivity contribution in [3.63, 3.8) is 0 Å². The Morgan fingerprint density at radius 2 is 0.694 bits per heavy atom. The van der Waals surface area contributed by atoms with Gasteiger partial charge in [-0.3, -0.25) is 4.55 Å². The molecule has 0 atom stereocenters. The van der Waals surface area contributed by atoms with Crippen LogP contribution in [-0.2, 0) is 10.1 Å². The predicted octanol–water partition coefficient (Wildman–Crippen LogP) is 6.63. The van der Waals surface area contributed by atoms with E-state index in [0.29, 0.717) is 0 Å². The molecule has 3 nitrogen and oxygen atoms in total. The number of halogens is 21. The molecule has 0 aromatic carbocycles. The van der Waals surface area contributed by atoms with Gasteiger partial charge in [0.25, 0.3) is 0 Å². The summed E-state index contributed by atoms with van der Waals surface area (Å²) in [6.07, 6.45) is -7.14. The van der Waals surface area contributed by atoms with Gasteiger partial charge in [0.05, 0.1) is 0 Å². The van der Waals surface area contributed by atoms with Gasteiger partial charge in [0.1, 0.15) is 0 Å². The zero-order chi connectivity index (χ0) is 30.2. The summed E-state index contributed by atoms with van der Waals surface area (Å²) in [5.41, 5.74) is 0. The van der Waals surface area contributed by atoms with Crippen LogP contribution in [0.3, 0.4) is 0 Å². The maximum atomic E-state index is 13.4. The van der Waals surface area contributed by atoms with E-state index in [1.807, 2.05) is 0 Å². The quantitative estimate of drug-likeness (QED) is 0.235. The lowest BCUT2D eigenvalue weighted by Crippen LogP contribution is -2.75. The van der Waals surface area contributed by atoms with Crippen LogP contribution in [0.25, 0.3) is 0 Å². The molecule has 0 aromatic heterocycles. The molecule has 0 unspecified atom stereocenters. The van der Waals surface area contributed by atoms with Crippen LogP contribution < -0.4 is 0 Å². The van der Waals surface area contributed by atoms with Gasteiger partial charge in [-0.25, -0.2) is 4.39 Å². The van der Waals surface area contributed by atoms with Crippen LogP contribution in [0.1, 0.15) is 0 Å². The van der Waals surface area contributed by atoms with Gasteiger partial charge in [0, 0.05) is 0 Å². The summed E-state index contributed by atoms with van der Waals surface area (Å²) in [4.78, 5) is 0. The van der Waals surface area contributed by atoms with E-state index in [1.54, 1.807) is 0 Å². The van der Waals surface area contributed by atoms with Gasteiger partial charge in [-0.15, -0.1) is 0 Å². The monoisotopic (exact) mass is 612 g/mol. The molecular weight excluding hydrogens is 611 g/mol. The molecule has 0 heterocycles. The van der Waals surface area contributed by atoms with Crippen molar-refractivity contribution in [1.82, 2.24) is 0 Å². The Morgan fingerprint density at radius 1 is 0.444 bits per heavy atom. The Balaban J connectivity index is 7.23. The summed E-state index contributed by atoms with van der Waals surface area (Å²) in [6, 6.07) is 0. The molecule has 0 bridgehead atoms. The topological polar surface area (TPSA) is 54.4 Å². The summed E-state index contributed by atoms with van der Waals surface area (Å²) in [5, 5.41) is -8.03. The molecule has 0 aliphatic carbocycles. The molecule has 0 fully saturated rings. The first kappa shape index (κ1) is 34.2. The van der Waals surface area contributed by atoms with E-state index in [9.17, 15) is 101 Å². The van der Waals surface area contributed by atoms with Gasteiger partial charge in [0.15, 0.2) is 0 Å². The number of hydrogen-bond acceptors (Lipinski definition) is 2. The Bertz CT molecular complexity index is 987. The smallest absolute Gasteiger partial charge is 0.281 e. The van der Waals surface area contributed by atoms with E-state index < -0.39 is 74.7 Å². The van der Waals surface area contributed by atoms with Crippen LogP contribution in [0.4, 0.5) is 92.2 Å². The molecule has 0 aliphatic heterocycles. The lowest BCUT2D eigenvalue weighted by molar-refractivity contribution is -0.447. The van der Waals surface area contributed by atoms with E-state index in [-0.39, 0.29) is 0 Å². The molecule has 25 heteroatoms. The number of rotatable bonds is 9. The number of allylic oxidation sites excluding steroid dienone is 2.